The lowest BCUT2D eigenvalue weighted by molar-refractivity contribution is -0.385. The van der Waals surface area contributed by atoms with Crippen molar-refractivity contribution < 1.29 is 14.8 Å². The fraction of sp³-hybridized carbons (Fsp3) is 0.100. The highest BCUT2D eigenvalue weighted by Gasteiger charge is 2.14. The van der Waals surface area contributed by atoms with Crippen molar-refractivity contribution in [2.24, 2.45) is 0 Å². The highest BCUT2D eigenvalue weighted by molar-refractivity contribution is 6.14. The Morgan fingerprint density at radius 3 is 2.60 bits per heavy atom. The minimum Gasteiger partial charge on any atom is -0.478 e. The topological polar surface area (TPSA) is 80.4 Å². The number of hydrogen-bond donors (Lipinski definition) is 1. The van der Waals surface area contributed by atoms with E-state index in [1.54, 1.807) is 6.92 Å². The fourth-order valence-corrected chi connectivity index (χ4v) is 1.12. The van der Waals surface area contributed by atoms with Crippen molar-refractivity contribution in [1.29, 1.82) is 0 Å². The number of carbonyl (C=O) groups is 1. The number of carboxylic acids is 1. The van der Waals surface area contributed by atoms with Crippen molar-refractivity contribution >= 4 is 17.2 Å². The van der Waals surface area contributed by atoms with E-state index in [4.69, 9.17) is 5.11 Å². The maximum absolute atomic E-state index is 10.6. The van der Waals surface area contributed by atoms with Gasteiger partial charge in [-0.15, -0.1) is 0 Å². The minimum atomic E-state index is -1.19. The predicted octanol–water partition coefficient (Wildman–Crippen LogP) is 2.00. The molecule has 0 saturated heterocycles. The molecular formula is C10H9NO4. The predicted molar refractivity (Wildman–Crippen MR) is 54.5 cm³/mol. The van der Waals surface area contributed by atoms with E-state index in [-0.39, 0.29) is 16.8 Å². The van der Waals surface area contributed by atoms with Gasteiger partial charge < -0.3 is 5.11 Å². The van der Waals surface area contributed by atoms with Crippen LogP contribution in [0, 0.1) is 17.0 Å². The third-order valence-electron chi connectivity index (χ3n) is 2.01. The van der Waals surface area contributed by atoms with Crippen LogP contribution >= 0.6 is 0 Å². The lowest BCUT2D eigenvalue weighted by atomic mass is 10.0. The maximum atomic E-state index is 10.6. The van der Waals surface area contributed by atoms with Crippen LogP contribution in [0.4, 0.5) is 5.69 Å². The van der Waals surface area contributed by atoms with Crippen LogP contribution in [0.15, 0.2) is 24.8 Å². The van der Waals surface area contributed by atoms with Crippen LogP contribution in [0.25, 0.3) is 5.57 Å². The Morgan fingerprint density at radius 2 is 2.13 bits per heavy atom. The quantitative estimate of drug-likeness (QED) is 0.467. The van der Waals surface area contributed by atoms with Gasteiger partial charge in [-0.3, -0.25) is 10.1 Å². The van der Waals surface area contributed by atoms with Crippen molar-refractivity contribution in [3.05, 3.63) is 46.0 Å². The summed E-state index contributed by atoms with van der Waals surface area (Å²) in [6, 6.07) is 4.21. The van der Waals surface area contributed by atoms with E-state index in [0.29, 0.717) is 5.56 Å². The first-order valence-corrected chi connectivity index (χ1v) is 4.11. The smallest absolute Gasteiger partial charge is 0.335 e. The van der Waals surface area contributed by atoms with Gasteiger partial charge >= 0.3 is 5.97 Å². The fourth-order valence-electron chi connectivity index (χ4n) is 1.12. The third kappa shape index (κ3) is 2.19. The molecule has 0 atom stereocenters. The molecule has 1 aromatic rings. The highest BCUT2D eigenvalue weighted by Crippen LogP contribution is 2.23. The molecule has 5 nitrogen and oxygen atoms in total. The highest BCUT2D eigenvalue weighted by atomic mass is 16.6. The molecule has 0 unspecified atom stereocenters. The van der Waals surface area contributed by atoms with Gasteiger partial charge in [-0.1, -0.05) is 18.7 Å². The van der Waals surface area contributed by atoms with Gasteiger partial charge in [0.05, 0.1) is 10.5 Å². The molecule has 0 saturated carbocycles. The van der Waals surface area contributed by atoms with Gasteiger partial charge in [0.25, 0.3) is 5.69 Å². The number of aryl methyl sites for hydroxylation is 1. The molecule has 0 bridgehead atoms. The zero-order chi connectivity index (χ0) is 11.6. The monoisotopic (exact) mass is 207 g/mol. The molecule has 78 valence electrons. The van der Waals surface area contributed by atoms with Gasteiger partial charge in [-0.25, -0.2) is 4.79 Å². The van der Waals surface area contributed by atoms with Crippen LogP contribution in [0.5, 0.6) is 0 Å². The number of nitro benzene ring substituents is 1. The lowest BCUT2D eigenvalue weighted by Crippen LogP contribution is -1.99. The molecular weight excluding hydrogens is 198 g/mol. The summed E-state index contributed by atoms with van der Waals surface area (Å²) < 4.78 is 0. The molecule has 0 aliphatic rings. The molecule has 0 aromatic heterocycles. The van der Waals surface area contributed by atoms with E-state index in [1.807, 2.05) is 0 Å². The molecule has 0 heterocycles. The molecule has 0 spiro atoms. The Labute approximate surface area is 85.8 Å². The number of carboxylic acid groups (broad SMARTS) is 1. The van der Waals surface area contributed by atoms with Gasteiger partial charge in [0.1, 0.15) is 0 Å². The first kappa shape index (κ1) is 10.9. The molecule has 1 rings (SSSR count). The number of aliphatic carboxylic acids is 1. The molecule has 0 radical (unpaired) electrons. The van der Waals surface area contributed by atoms with Crippen LogP contribution in [0.2, 0.25) is 0 Å². The standard InChI is InChI=1S/C10H9NO4/c1-6-3-4-8(7(2)10(12)13)5-9(6)11(14)15/h3-5H,2H2,1H3,(H,12,13). The Balaban J connectivity index is 3.25. The third-order valence-corrected chi connectivity index (χ3v) is 2.01. The van der Waals surface area contributed by atoms with Crippen LogP contribution in [0.3, 0.4) is 0 Å². The number of hydrogen-bond acceptors (Lipinski definition) is 3. The number of nitrogens with zero attached hydrogens (tertiary/aromatic N) is 1. The number of nitro groups is 1. The molecule has 0 fully saturated rings. The zero-order valence-electron chi connectivity index (χ0n) is 8.06. The van der Waals surface area contributed by atoms with Crippen molar-refractivity contribution in [2.75, 3.05) is 0 Å². The summed E-state index contributed by atoms with van der Waals surface area (Å²) in [6.07, 6.45) is 0. The maximum Gasteiger partial charge on any atom is 0.335 e. The summed E-state index contributed by atoms with van der Waals surface area (Å²) in [4.78, 5) is 20.6. The molecule has 0 aliphatic carbocycles. The van der Waals surface area contributed by atoms with Crippen LogP contribution < -0.4 is 0 Å². The van der Waals surface area contributed by atoms with E-state index >= 15 is 0 Å². The first-order chi connectivity index (χ1) is 6.93. The summed E-state index contributed by atoms with van der Waals surface area (Å²) in [6.45, 7) is 4.92. The SMILES string of the molecule is C=C(C(=O)O)c1ccc(C)c([N+](=O)[O-])c1. The van der Waals surface area contributed by atoms with Crippen LogP contribution in [-0.4, -0.2) is 16.0 Å². The van der Waals surface area contributed by atoms with Gasteiger partial charge in [0.2, 0.25) is 0 Å². The first-order valence-electron chi connectivity index (χ1n) is 4.11. The van der Waals surface area contributed by atoms with Crippen molar-refractivity contribution in [1.82, 2.24) is 0 Å². The van der Waals surface area contributed by atoms with E-state index in [9.17, 15) is 14.9 Å². The minimum absolute atomic E-state index is 0.102. The average Bonchev–Trinajstić information content (AvgIpc) is 2.16. The molecule has 1 aromatic carbocycles. The largest absolute Gasteiger partial charge is 0.478 e. The summed E-state index contributed by atoms with van der Waals surface area (Å²) in [5.74, 6) is -1.19. The van der Waals surface area contributed by atoms with Gasteiger partial charge in [-0.2, -0.15) is 0 Å². The molecule has 0 amide bonds. The molecule has 5 heteroatoms. The van der Waals surface area contributed by atoms with E-state index < -0.39 is 10.9 Å². The van der Waals surface area contributed by atoms with E-state index in [0.717, 1.165) is 0 Å². The van der Waals surface area contributed by atoms with Crippen molar-refractivity contribution in [2.45, 2.75) is 6.92 Å². The molecule has 1 N–H and O–H groups in total. The summed E-state index contributed by atoms with van der Waals surface area (Å²) in [7, 11) is 0. The summed E-state index contributed by atoms with van der Waals surface area (Å²) >= 11 is 0. The van der Waals surface area contributed by atoms with E-state index in [1.165, 1.54) is 18.2 Å². The molecule has 15 heavy (non-hydrogen) atoms. The Morgan fingerprint density at radius 1 is 1.53 bits per heavy atom. The second kappa shape index (κ2) is 3.91. The second-order valence-corrected chi connectivity index (χ2v) is 3.04. The van der Waals surface area contributed by atoms with Gasteiger partial charge in [0, 0.05) is 11.6 Å². The number of benzene rings is 1. The van der Waals surface area contributed by atoms with Crippen molar-refractivity contribution in [3.8, 4) is 0 Å². The number of rotatable bonds is 3. The van der Waals surface area contributed by atoms with Crippen LogP contribution in [0.1, 0.15) is 11.1 Å². The van der Waals surface area contributed by atoms with Gasteiger partial charge in [-0.05, 0) is 12.5 Å². The van der Waals surface area contributed by atoms with Crippen LogP contribution in [-0.2, 0) is 4.79 Å². The Bertz CT molecular complexity index is 451. The summed E-state index contributed by atoms with van der Waals surface area (Å²) in [5, 5.41) is 19.3. The lowest BCUT2D eigenvalue weighted by Gasteiger charge is -2.02. The Hall–Kier alpha value is -2.17. The van der Waals surface area contributed by atoms with Gasteiger partial charge in [0.15, 0.2) is 0 Å². The van der Waals surface area contributed by atoms with Crippen molar-refractivity contribution in [3.63, 3.8) is 0 Å². The molecule has 0 aliphatic heterocycles. The zero-order valence-corrected chi connectivity index (χ0v) is 8.06. The normalized spacial score (nSPS) is 9.67. The van der Waals surface area contributed by atoms with E-state index in [2.05, 4.69) is 6.58 Å². The Kier molecular flexibility index (Phi) is 2.85. The summed E-state index contributed by atoms with van der Waals surface area (Å²) in [5.41, 5.74) is 0.481. The second-order valence-electron chi connectivity index (χ2n) is 3.04. The average molecular weight is 207 g/mol.